The number of aromatic nitrogens is 1. The number of nitrogens with one attached hydrogen (secondary N) is 1. The predicted molar refractivity (Wildman–Crippen MR) is 144 cm³/mol. The van der Waals surface area contributed by atoms with Crippen molar-refractivity contribution in [3.8, 4) is 22.3 Å². The first kappa shape index (κ1) is 23.2. The van der Waals surface area contributed by atoms with Crippen molar-refractivity contribution < 1.29 is 9.18 Å². The minimum atomic E-state index is -0.335. The number of anilines is 2. The van der Waals surface area contributed by atoms with Gasteiger partial charge in [0, 0.05) is 52.3 Å². The van der Waals surface area contributed by atoms with E-state index in [1.165, 1.54) is 12.1 Å². The van der Waals surface area contributed by atoms with Crippen LogP contribution in [-0.2, 0) is 4.79 Å². The van der Waals surface area contributed by atoms with Gasteiger partial charge in [0.25, 0.3) is 0 Å². The van der Waals surface area contributed by atoms with Crippen LogP contribution in [0.15, 0.2) is 79.0 Å². The summed E-state index contributed by atoms with van der Waals surface area (Å²) in [6, 6.07) is 22.6. The van der Waals surface area contributed by atoms with Gasteiger partial charge in [0.2, 0.25) is 5.91 Å². The van der Waals surface area contributed by atoms with Crippen LogP contribution in [0.2, 0.25) is 0 Å². The summed E-state index contributed by atoms with van der Waals surface area (Å²) in [5, 5.41) is 4.02. The van der Waals surface area contributed by atoms with Crippen molar-refractivity contribution in [1.29, 1.82) is 0 Å². The third-order valence-corrected chi connectivity index (χ3v) is 6.89. The molecule has 2 unspecified atom stereocenters. The molecule has 0 radical (unpaired) electrons. The highest BCUT2D eigenvalue weighted by atomic mass is 31.0. The summed E-state index contributed by atoms with van der Waals surface area (Å²) in [5.74, 6) is -0.324. The third-order valence-electron chi connectivity index (χ3n) is 6.53. The molecule has 1 amide bonds. The fourth-order valence-electron chi connectivity index (χ4n) is 4.71. The molecule has 1 aromatic heterocycles. The first-order valence-electron chi connectivity index (χ1n) is 11.8. The van der Waals surface area contributed by atoms with Crippen LogP contribution in [-0.4, -0.2) is 10.9 Å². The molecule has 2 bridgehead atoms. The van der Waals surface area contributed by atoms with E-state index in [1.807, 2.05) is 36.5 Å². The number of pyridine rings is 1. The van der Waals surface area contributed by atoms with Crippen LogP contribution in [0.1, 0.15) is 42.9 Å². The summed E-state index contributed by atoms with van der Waals surface area (Å²) < 4.78 is 14.2. The summed E-state index contributed by atoms with van der Waals surface area (Å²) in [7, 11) is 2.70. The molecule has 0 aliphatic carbocycles. The van der Waals surface area contributed by atoms with Crippen LogP contribution in [0, 0.1) is 5.82 Å². The molecule has 0 saturated heterocycles. The lowest BCUT2D eigenvalue weighted by atomic mass is 9.87. The van der Waals surface area contributed by atoms with E-state index in [0.29, 0.717) is 23.4 Å². The van der Waals surface area contributed by atoms with Gasteiger partial charge in [-0.1, -0.05) is 42.8 Å². The minimum absolute atomic E-state index is 0.0532. The van der Waals surface area contributed by atoms with Crippen molar-refractivity contribution in [1.82, 2.24) is 4.98 Å². The second-order valence-electron chi connectivity index (χ2n) is 8.98. The van der Waals surface area contributed by atoms with Gasteiger partial charge in [-0.2, -0.15) is 0 Å². The number of hydrogen-bond donors (Lipinski definition) is 2. The molecule has 6 heteroatoms. The van der Waals surface area contributed by atoms with Gasteiger partial charge in [0.1, 0.15) is 5.82 Å². The van der Waals surface area contributed by atoms with Gasteiger partial charge >= 0.3 is 0 Å². The number of amides is 1. The molecule has 176 valence electrons. The number of benzene rings is 3. The predicted octanol–water partition coefficient (Wildman–Crippen LogP) is 6.28. The van der Waals surface area contributed by atoms with Crippen molar-refractivity contribution in [3.63, 3.8) is 0 Å². The standard InChI is InChI=1S/C29H27FN3OP/c30-21-9-13-28-25(15-21)19-5-3-4-18(14-19)23(6-1-2-7-29(34)33-28)27-12-8-20(17-32-27)24-16-22(35)10-11-26(24)31/h3-5,8-17,23H,1-2,6-7,31,35H2,(H,33,34). The Kier molecular flexibility index (Phi) is 6.61. The first-order valence-corrected chi connectivity index (χ1v) is 12.4. The Morgan fingerprint density at radius 2 is 1.83 bits per heavy atom. The molecule has 1 aliphatic heterocycles. The Balaban J connectivity index is 1.55. The highest BCUT2D eigenvalue weighted by Gasteiger charge is 2.19. The molecular formula is C29H27FN3OP. The Morgan fingerprint density at radius 3 is 2.66 bits per heavy atom. The van der Waals surface area contributed by atoms with Crippen molar-refractivity contribution in [3.05, 3.63) is 96.1 Å². The number of nitrogens with zero attached hydrogens (tertiary/aromatic N) is 1. The van der Waals surface area contributed by atoms with Crippen LogP contribution in [0.25, 0.3) is 22.3 Å². The lowest BCUT2D eigenvalue weighted by molar-refractivity contribution is -0.116. The van der Waals surface area contributed by atoms with E-state index in [1.54, 1.807) is 6.07 Å². The van der Waals surface area contributed by atoms with E-state index in [0.717, 1.165) is 52.5 Å². The van der Waals surface area contributed by atoms with Crippen molar-refractivity contribution in [2.24, 2.45) is 0 Å². The molecule has 0 fully saturated rings. The topological polar surface area (TPSA) is 68.0 Å². The SMILES string of the molecule is Nc1ccc(P)cc1-c1ccc(C2CCCCC(=O)Nc3ccc(F)cc3-c3cccc2c3)nc1. The fraction of sp³-hybridized carbons (Fsp3) is 0.172. The van der Waals surface area contributed by atoms with Gasteiger partial charge in [-0.25, -0.2) is 4.39 Å². The summed E-state index contributed by atoms with van der Waals surface area (Å²) in [5.41, 5.74) is 13.1. The molecule has 3 N–H and O–H groups in total. The molecule has 0 spiro atoms. The lowest BCUT2D eigenvalue weighted by Gasteiger charge is -2.20. The van der Waals surface area contributed by atoms with Gasteiger partial charge < -0.3 is 11.1 Å². The van der Waals surface area contributed by atoms with Crippen LogP contribution in [0.5, 0.6) is 0 Å². The van der Waals surface area contributed by atoms with E-state index in [-0.39, 0.29) is 17.6 Å². The summed E-state index contributed by atoms with van der Waals surface area (Å²) >= 11 is 0. The van der Waals surface area contributed by atoms with Gasteiger partial charge in [-0.05, 0) is 65.7 Å². The number of nitrogens with two attached hydrogens (primary N) is 1. The molecule has 5 rings (SSSR count). The Bertz CT molecular complexity index is 1390. The van der Waals surface area contributed by atoms with Crippen LogP contribution in [0.4, 0.5) is 15.8 Å². The van der Waals surface area contributed by atoms with Crippen LogP contribution < -0.4 is 16.4 Å². The van der Waals surface area contributed by atoms with Crippen molar-refractivity contribution in [2.75, 3.05) is 11.1 Å². The molecule has 3 aromatic carbocycles. The van der Waals surface area contributed by atoms with E-state index >= 15 is 0 Å². The van der Waals surface area contributed by atoms with Crippen molar-refractivity contribution >= 4 is 31.8 Å². The smallest absolute Gasteiger partial charge is 0.224 e. The maximum atomic E-state index is 14.2. The number of carbonyl (C=O) groups excluding carboxylic acids is 1. The molecule has 4 aromatic rings. The number of fused-ring (bicyclic) bond motifs is 4. The average molecular weight is 484 g/mol. The van der Waals surface area contributed by atoms with Gasteiger partial charge in [-0.15, -0.1) is 9.24 Å². The zero-order valence-corrected chi connectivity index (χ0v) is 20.5. The Morgan fingerprint density at radius 1 is 0.943 bits per heavy atom. The highest BCUT2D eigenvalue weighted by molar-refractivity contribution is 7.27. The van der Waals surface area contributed by atoms with Gasteiger partial charge in [0.15, 0.2) is 0 Å². The number of carbonyl (C=O) groups is 1. The minimum Gasteiger partial charge on any atom is -0.398 e. The maximum absolute atomic E-state index is 14.2. The Hall–Kier alpha value is -3.56. The molecule has 2 atom stereocenters. The van der Waals surface area contributed by atoms with Gasteiger partial charge in [0.05, 0.1) is 0 Å². The zero-order valence-electron chi connectivity index (χ0n) is 19.3. The molecule has 4 nitrogen and oxygen atoms in total. The molecular weight excluding hydrogens is 456 g/mol. The largest absolute Gasteiger partial charge is 0.398 e. The highest BCUT2D eigenvalue weighted by Crippen LogP contribution is 2.36. The van der Waals surface area contributed by atoms with Crippen molar-refractivity contribution in [2.45, 2.75) is 31.6 Å². The average Bonchev–Trinajstić information content (AvgIpc) is 2.86. The number of rotatable bonds is 2. The first-order chi connectivity index (χ1) is 17.0. The van der Waals surface area contributed by atoms with Gasteiger partial charge in [-0.3, -0.25) is 9.78 Å². The second kappa shape index (κ2) is 9.97. The van der Waals surface area contributed by atoms with Crippen LogP contribution in [0.3, 0.4) is 0 Å². The zero-order chi connectivity index (χ0) is 24.4. The monoisotopic (exact) mass is 483 g/mol. The van der Waals surface area contributed by atoms with Crippen LogP contribution >= 0.6 is 9.24 Å². The molecule has 1 aliphatic rings. The number of nitrogen functional groups attached to an aromatic ring is 1. The van der Waals surface area contributed by atoms with E-state index in [2.05, 4.69) is 38.8 Å². The quantitative estimate of drug-likeness (QED) is 0.260. The van der Waals surface area contributed by atoms with E-state index < -0.39 is 0 Å². The normalized spacial score (nSPS) is 15.9. The number of halogens is 1. The second-order valence-corrected chi connectivity index (χ2v) is 9.65. The molecule has 35 heavy (non-hydrogen) atoms. The lowest BCUT2D eigenvalue weighted by Crippen LogP contribution is -2.13. The van der Waals surface area contributed by atoms with E-state index in [4.69, 9.17) is 10.7 Å². The molecule has 2 heterocycles. The fourth-order valence-corrected chi connectivity index (χ4v) is 4.98. The summed E-state index contributed by atoms with van der Waals surface area (Å²) in [6.45, 7) is 0. The maximum Gasteiger partial charge on any atom is 0.224 e. The summed E-state index contributed by atoms with van der Waals surface area (Å²) in [6.07, 6.45) is 4.83. The third kappa shape index (κ3) is 5.11. The number of hydrogen-bond acceptors (Lipinski definition) is 3. The Labute approximate surface area is 207 Å². The summed E-state index contributed by atoms with van der Waals surface area (Å²) in [4.78, 5) is 17.4. The van der Waals surface area contributed by atoms with E-state index in [9.17, 15) is 9.18 Å². The molecule has 0 saturated carbocycles.